The van der Waals surface area contributed by atoms with E-state index in [4.69, 9.17) is 0 Å². The van der Waals surface area contributed by atoms with E-state index in [1.807, 2.05) is 60.8 Å². The van der Waals surface area contributed by atoms with E-state index in [2.05, 4.69) is 11.1 Å². The molecule has 1 radical (unpaired) electrons. The lowest BCUT2D eigenvalue weighted by molar-refractivity contribution is 1.52. The van der Waals surface area contributed by atoms with Crippen molar-refractivity contribution >= 4 is 11.9 Å². The van der Waals surface area contributed by atoms with Crippen molar-refractivity contribution in [2.24, 2.45) is 4.99 Å². The molecule has 14 heavy (non-hydrogen) atoms. The Morgan fingerprint density at radius 3 is 2.43 bits per heavy atom. The van der Waals surface area contributed by atoms with Crippen LogP contribution >= 0.6 is 0 Å². The van der Waals surface area contributed by atoms with Gasteiger partial charge in [-0.25, -0.2) is 0 Å². The average molecular weight is 180 g/mol. The molecule has 0 N–H and O–H groups in total. The number of nitrogens with zero attached hydrogens (tertiary/aromatic N) is 1. The molecular weight excluding hydrogens is 170 g/mol. The minimum Gasteiger partial charge on any atom is -0.256 e. The van der Waals surface area contributed by atoms with Gasteiger partial charge in [-0.05, 0) is 11.6 Å². The first-order valence-corrected chi connectivity index (χ1v) is 4.51. The van der Waals surface area contributed by atoms with Gasteiger partial charge in [0.05, 0.1) is 5.69 Å². The van der Waals surface area contributed by atoms with Gasteiger partial charge in [0.15, 0.2) is 0 Å². The van der Waals surface area contributed by atoms with E-state index in [1.165, 1.54) is 0 Å². The predicted molar refractivity (Wildman–Crippen MR) is 59.0 cm³/mol. The molecule has 0 atom stereocenters. The fraction of sp³-hybridized carbons (Fsp3) is 0. The van der Waals surface area contributed by atoms with Crippen LogP contribution in [0.1, 0.15) is 5.56 Å². The molecule has 0 bridgehead atoms. The van der Waals surface area contributed by atoms with E-state index < -0.39 is 0 Å². The molecule has 0 aliphatic heterocycles. The molecule has 2 rings (SSSR count). The van der Waals surface area contributed by atoms with Gasteiger partial charge >= 0.3 is 0 Å². The van der Waals surface area contributed by atoms with Crippen LogP contribution in [0.5, 0.6) is 0 Å². The van der Waals surface area contributed by atoms with Crippen molar-refractivity contribution in [3.63, 3.8) is 0 Å². The van der Waals surface area contributed by atoms with Crippen LogP contribution in [0.4, 0.5) is 5.69 Å². The predicted octanol–water partition coefficient (Wildman–Crippen LogP) is 3.24. The lowest BCUT2D eigenvalue weighted by Gasteiger charge is -1.91. The SMILES string of the molecule is [c]1ccccc1N=Cc1ccccc1. The second-order valence-electron chi connectivity index (χ2n) is 2.92. The number of hydrogen-bond acceptors (Lipinski definition) is 1. The number of benzene rings is 2. The molecule has 1 heteroatoms. The van der Waals surface area contributed by atoms with Crippen molar-refractivity contribution in [2.75, 3.05) is 0 Å². The van der Waals surface area contributed by atoms with Gasteiger partial charge in [0.25, 0.3) is 0 Å². The zero-order valence-corrected chi connectivity index (χ0v) is 7.72. The van der Waals surface area contributed by atoms with Crippen LogP contribution in [0, 0.1) is 6.07 Å². The summed E-state index contributed by atoms with van der Waals surface area (Å²) in [5.74, 6) is 0. The summed E-state index contributed by atoms with van der Waals surface area (Å²) >= 11 is 0. The smallest absolute Gasteiger partial charge is 0.0709 e. The molecule has 0 unspecified atom stereocenters. The van der Waals surface area contributed by atoms with E-state index in [0.717, 1.165) is 11.3 Å². The highest BCUT2D eigenvalue weighted by molar-refractivity contribution is 5.81. The minimum atomic E-state index is 0.858. The number of para-hydroxylation sites is 1. The number of rotatable bonds is 2. The molecule has 0 heterocycles. The third-order valence-corrected chi connectivity index (χ3v) is 1.84. The molecule has 0 aromatic heterocycles. The van der Waals surface area contributed by atoms with Crippen LogP contribution in [0.15, 0.2) is 59.6 Å². The topological polar surface area (TPSA) is 12.4 Å². The Morgan fingerprint density at radius 2 is 1.71 bits per heavy atom. The Morgan fingerprint density at radius 1 is 0.929 bits per heavy atom. The molecule has 2 aromatic rings. The monoisotopic (exact) mass is 180 g/mol. The van der Waals surface area contributed by atoms with E-state index in [1.54, 1.807) is 0 Å². The van der Waals surface area contributed by atoms with Crippen LogP contribution in [0.3, 0.4) is 0 Å². The van der Waals surface area contributed by atoms with Crippen LogP contribution in [-0.2, 0) is 0 Å². The molecule has 1 nitrogen and oxygen atoms in total. The van der Waals surface area contributed by atoms with Crippen LogP contribution in [-0.4, -0.2) is 6.21 Å². The summed E-state index contributed by atoms with van der Waals surface area (Å²) < 4.78 is 0. The highest BCUT2D eigenvalue weighted by Gasteiger charge is 1.85. The number of hydrogen-bond donors (Lipinski definition) is 0. The summed E-state index contributed by atoms with van der Waals surface area (Å²) in [6, 6.07) is 20.7. The Hall–Kier alpha value is -1.89. The molecule has 2 aromatic carbocycles. The van der Waals surface area contributed by atoms with Gasteiger partial charge in [0.2, 0.25) is 0 Å². The zero-order chi connectivity index (χ0) is 9.64. The van der Waals surface area contributed by atoms with Gasteiger partial charge in [-0.2, -0.15) is 0 Å². The van der Waals surface area contributed by atoms with Gasteiger partial charge in [0, 0.05) is 12.3 Å². The van der Waals surface area contributed by atoms with Crippen molar-refractivity contribution < 1.29 is 0 Å². The molecule has 0 fully saturated rings. The molecule has 0 aliphatic rings. The Labute approximate surface area is 83.7 Å². The fourth-order valence-corrected chi connectivity index (χ4v) is 1.15. The first-order chi connectivity index (χ1) is 6.95. The van der Waals surface area contributed by atoms with Crippen molar-refractivity contribution in [3.8, 4) is 0 Å². The van der Waals surface area contributed by atoms with Crippen molar-refractivity contribution in [2.45, 2.75) is 0 Å². The zero-order valence-electron chi connectivity index (χ0n) is 7.72. The van der Waals surface area contributed by atoms with Gasteiger partial charge in [-0.3, -0.25) is 4.99 Å². The highest BCUT2D eigenvalue weighted by Crippen LogP contribution is 2.08. The van der Waals surface area contributed by atoms with Gasteiger partial charge in [0.1, 0.15) is 0 Å². The third-order valence-electron chi connectivity index (χ3n) is 1.84. The van der Waals surface area contributed by atoms with Gasteiger partial charge < -0.3 is 0 Å². The van der Waals surface area contributed by atoms with Gasteiger partial charge in [-0.1, -0.05) is 48.5 Å². The average Bonchev–Trinajstić information content (AvgIpc) is 2.29. The summed E-state index contributed by atoms with van der Waals surface area (Å²) in [6.45, 7) is 0. The molecule has 0 saturated carbocycles. The fourth-order valence-electron chi connectivity index (χ4n) is 1.15. The lowest BCUT2D eigenvalue weighted by atomic mass is 10.2. The highest BCUT2D eigenvalue weighted by atomic mass is 14.7. The Kier molecular flexibility index (Phi) is 2.72. The molecule has 0 aliphatic carbocycles. The standard InChI is InChI=1S/C13H10N/c1-3-7-12(8-4-1)11-14-13-9-5-2-6-10-13/h1-9,11H. The van der Waals surface area contributed by atoms with Crippen molar-refractivity contribution in [1.82, 2.24) is 0 Å². The minimum absolute atomic E-state index is 0.858. The van der Waals surface area contributed by atoms with E-state index >= 15 is 0 Å². The molecule has 0 amide bonds. The van der Waals surface area contributed by atoms with Crippen molar-refractivity contribution in [1.29, 1.82) is 0 Å². The summed E-state index contributed by atoms with van der Waals surface area (Å²) in [4.78, 5) is 4.30. The quantitative estimate of drug-likeness (QED) is 0.629. The summed E-state index contributed by atoms with van der Waals surface area (Å²) in [7, 11) is 0. The second kappa shape index (κ2) is 4.38. The molecular formula is C13H10N. The van der Waals surface area contributed by atoms with Gasteiger partial charge in [-0.15, -0.1) is 0 Å². The van der Waals surface area contributed by atoms with Crippen LogP contribution in [0.2, 0.25) is 0 Å². The van der Waals surface area contributed by atoms with E-state index in [-0.39, 0.29) is 0 Å². The van der Waals surface area contributed by atoms with E-state index in [0.29, 0.717) is 0 Å². The third kappa shape index (κ3) is 2.30. The van der Waals surface area contributed by atoms with Crippen LogP contribution < -0.4 is 0 Å². The largest absolute Gasteiger partial charge is 0.256 e. The normalized spacial score (nSPS) is 10.6. The maximum absolute atomic E-state index is 4.30. The molecule has 0 spiro atoms. The summed E-state index contributed by atoms with van der Waals surface area (Å²) in [6.07, 6.45) is 1.84. The first-order valence-electron chi connectivity index (χ1n) is 4.51. The Balaban J connectivity index is 2.16. The Bertz CT molecular complexity index is 362. The van der Waals surface area contributed by atoms with Crippen LogP contribution in [0.25, 0.3) is 0 Å². The summed E-state index contributed by atoms with van der Waals surface area (Å²) in [5.41, 5.74) is 1.96. The second-order valence-corrected chi connectivity index (χ2v) is 2.92. The molecule has 0 saturated heterocycles. The maximum atomic E-state index is 4.30. The lowest BCUT2D eigenvalue weighted by Crippen LogP contribution is -1.77. The van der Waals surface area contributed by atoms with Crippen molar-refractivity contribution in [3.05, 3.63) is 66.2 Å². The maximum Gasteiger partial charge on any atom is 0.0709 e. The summed E-state index contributed by atoms with van der Waals surface area (Å²) in [5, 5.41) is 0. The molecule has 67 valence electrons. The number of aliphatic imine (C=N–C) groups is 1. The van der Waals surface area contributed by atoms with E-state index in [9.17, 15) is 0 Å². The first kappa shape index (κ1) is 8.70.